The van der Waals surface area contributed by atoms with Crippen LogP contribution in [0.3, 0.4) is 0 Å². The fourth-order valence-electron chi connectivity index (χ4n) is 1.54. The smallest absolute Gasteiger partial charge is 0.240 e. The highest BCUT2D eigenvalue weighted by molar-refractivity contribution is 5.86. The predicted molar refractivity (Wildman–Crippen MR) is 48.9 cm³/mol. The number of nitrogens with zero attached hydrogens (tertiary/aromatic N) is 1. The van der Waals surface area contributed by atoms with Crippen LogP contribution in [0.15, 0.2) is 0 Å². The molecular formula is C9H18N2O. The van der Waals surface area contributed by atoms with Gasteiger partial charge in [0.25, 0.3) is 0 Å². The monoisotopic (exact) mass is 170 g/mol. The molecule has 0 saturated carbocycles. The van der Waals surface area contributed by atoms with Gasteiger partial charge in [0.1, 0.15) is 0 Å². The molecule has 1 rings (SSSR count). The quantitative estimate of drug-likeness (QED) is 0.577. The Balaban J connectivity index is 2.93. The number of carbonyl (C=O) groups is 1. The highest BCUT2D eigenvalue weighted by Crippen LogP contribution is 2.26. The molecule has 1 heterocycles. The van der Waals surface area contributed by atoms with Crippen molar-refractivity contribution in [1.29, 1.82) is 0 Å². The van der Waals surface area contributed by atoms with E-state index in [1.807, 2.05) is 20.9 Å². The van der Waals surface area contributed by atoms with Gasteiger partial charge < -0.3 is 5.32 Å². The van der Waals surface area contributed by atoms with Crippen molar-refractivity contribution >= 4 is 5.91 Å². The van der Waals surface area contributed by atoms with E-state index in [9.17, 15) is 4.79 Å². The van der Waals surface area contributed by atoms with E-state index in [0.717, 1.165) is 6.54 Å². The molecule has 1 fully saturated rings. The molecule has 0 unspecified atom stereocenters. The van der Waals surface area contributed by atoms with Gasteiger partial charge in [-0.1, -0.05) is 0 Å². The number of hydrogen-bond acceptors (Lipinski definition) is 2. The average molecular weight is 170 g/mol. The molecule has 1 saturated heterocycles. The second-order valence-corrected chi connectivity index (χ2v) is 4.61. The van der Waals surface area contributed by atoms with Gasteiger partial charge in [-0.25, -0.2) is 0 Å². The second kappa shape index (κ2) is 2.46. The van der Waals surface area contributed by atoms with Gasteiger partial charge in [-0.2, -0.15) is 0 Å². The number of rotatable bonds is 0. The Morgan fingerprint density at radius 3 is 2.25 bits per heavy atom. The fraction of sp³-hybridized carbons (Fsp3) is 0.889. The van der Waals surface area contributed by atoms with Crippen molar-refractivity contribution in [2.24, 2.45) is 0 Å². The van der Waals surface area contributed by atoms with Crippen LogP contribution in [-0.4, -0.2) is 35.5 Å². The van der Waals surface area contributed by atoms with Gasteiger partial charge in [0.2, 0.25) is 5.91 Å². The third-order valence-electron chi connectivity index (χ3n) is 2.98. The molecule has 3 heteroatoms. The molecule has 1 aliphatic rings. The largest absolute Gasteiger partial charge is 0.353 e. The van der Waals surface area contributed by atoms with Crippen molar-refractivity contribution in [3.8, 4) is 0 Å². The molecule has 0 aromatic heterocycles. The summed E-state index contributed by atoms with van der Waals surface area (Å²) < 4.78 is 0. The summed E-state index contributed by atoms with van der Waals surface area (Å²) in [6.45, 7) is 8.89. The zero-order chi connectivity index (χ0) is 9.57. The van der Waals surface area contributed by atoms with Crippen LogP contribution in [0.2, 0.25) is 0 Å². The molecule has 70 valence electrons. The summed E-state index contributed by atoms with van der Waals surface area (Å²) in [7, 11) is 2.00. The van der Waals surface area contributed by atoms with Crippen LogP contribution in [0.4, 0.5) is 0 Å². The molecule has 0 radical (unpaired) electrons. The Labute approximate surface area is 74.1 Å². The minimum Gasteiger partial charge on any atom is -0.353 e. The van der Waals surface area contributed by atoms with E-state index >= 15 is 0 Å². The average Bonchev–Trinajstić information content (AvgIpc) is 1.96. The normalized spacial score (nSPS) is 28.2. The van der Waals surface area contributed by atoms with E-state index in [4.69, 9.17) is 0 Å². The third kappa shape index (κ3) is 1.22. The molecule has 0 aromatic rings. The van der Waals surface area contributed by atoms with Crippen LogP contribution < -0.4 is 5.32 Å². The Bertz CT molecular complexity index is 209. The maximum absolute atomic E-state index is 11.5. The molecule has 12 heavy (non-hydrogen) atoms. The van der Waals surface area contributed by atoms with Gasteiger partial charge in [-0.15, -0.1) is 0 Å². The van der Waals surface area contributed by atoms with Crippen LogP contribution in [0.25, 0.3) is 0 Å². The summed E-state index contributed by atoms with van der Waals surface area (Å²) in [5.41, 5.74) is -0.334. The first-order valence-corrected chi connectivity index (χ1v) is 4.31. The van der Waals surface area contributed by atoms with Gasteiger partial charge in [-0.05, 0) is 34.7 Å². The fourth-order valence-corrected chi connectivity index (χ4v) is 1.54. The minimum atomic E-state index is -0.387. The summed E-state index contributed by atoms with van der Waals surface area (Å²) >= 11 is 0. The Morgan fingerprint density at radius 1 is 1.33 bits per heavy atom. The van der Waals surface area contributed by atoms with Crippen molar-refractivity contribution < 1.29 is 4.79 Å². The standard InChI is InChI=1S/C9H18N2O/c1-8(2)6-10-7(12)9(3,4)11(8)5/h6H2,1-5H3,(H,10,12). The molecular weight excluding hydrogens is 152 g/mol. The van der Waals surface area contributed by atoms with E-state index in [2.05, 4.69) is 24.1 Å². The third-order valence-corrected chi connectivity index (χ3v) is 2.98. The lowest BCUT2D eigenvalue weighted by Crippen LogP contribution is -2.68. The first-order chi connectivity index (χ1) is 5.28. The second-order valence-electron chi connectivity index (χ2n) is 4.61. The Hall–Kier alpha value is -0.570. The SMILES string of the molecule is CN1C(C)(C)CNC(=O)C1(C)C. The molecule has 0 aromatic carbocycles. The van der Waals surface area contributed by atoms with Gasteiger partial charge >= 0.3 is 0 Å². The first kappa shape index (κ1) is 9.52. The molecule has 1 N–H and O–H groups in total. The molecule has 0 bridgehead atoms. The molecule has 0 atom stereocenters. The van der Waals surface area contributed by atoms with Crippen LogP contribution in [0, 0.1) is 0 Å². The van der Waals surface area contributed by atoms with E-state index in [0.29, 0.717) is 0 Å². The number of piperazine rings is 1. The molecule has 0 aliphatic carbocycles. The Morgan fingerprint density at radius 2 is 1.83 bits per heavy atom. The zero-order valence-corrected chi connectivity index (χ0v) is 8.56. The molecule has 1 amide bonds. The van der Waals surface area contributed by atoms with Crippen molar-refractivity contribution in [3.63, 3.8) is 0 Å². The van der Waals surface area contributed by atoms with Crippen LogP contribution in [0.1, 0.15) is 27.7 Å². The maximum Gasteiger partial charge on any atom is 0.240 e. The minimum absolute atomic E-state index is 0.0530. The van der Waals surface area contributed by atoms with Crippen molar-refractivity contribution in [2.75, 3.05) is 13.6 Å². The van der Waals surface area contributed by atoms with Gasteiger partial charge in [0.15, 0.2) is 0 Å². The van der Waals surface area contributed by atoms with Gasteiger partial charge in [0, 0.05) is 12.1 Å². The summed E-state index contributed by atoms with van der Waals surface area (Å²) in [6.07, 6.45) is 0. The lowest BCUT2D eigenvalue weighted by atomic mass is 9.89. The predicted octanol–water partition coefficient (Wildman–Crippen LogP) is 0.605. The summed E-state index contributed by atoms with van der Waals surface area (Å²) in [4.78, 5) is 13.6. The topological polar surface area (TPSA) is 32.3 Å². The van der Waals surface area contributed by atoms with Gasteiger partial charge in [-0.3, -0.25) is 9.69 Å². The molecule has 1 aliphatic heterocycles. The number of likely N-dealkylation sites (N-methyl/N-ethyl adjacent to an activating group) is 1. The van der Waals surface area contributed by atoms with Crippen molar-refractivity contribution in [2.45, 2.75) is 38.8 Å². The number of amides is 1. The number of hydrogen-bond donors (Lipinski definition) is 1. The van der Waals surface area contributed by atoms with E-state index < -0.39 is 0 Å². The van der Waals surface area contributed by atoms with E-state index in [1.54, 1.807) is 0 Å². The van der Waals surface area contributed by atoms with Crippen LogP contribution in [0.5, 0.6) is 0 Å². The highest BCUT2D eigenvalue weighted by Gasteiger charge is 2.44. The molecule has 3 nitrogen and oxygen atoms in total. The Kier molecular flexibility index (Phi) is 1.95. The first-order valence-electron chi connectivity index (χ1n) is 4.31. The zero-order valence-electron chi connectivity index (χ0n) is 8.56. The maximum atomic E-state index is 11.5. The lowest BCUT2D eigenvalue weighted by Gasteiger charge is -2.49. The summed E-state index contributed by atoms with van der Waals surface area (Å²) in [6, 6.07) is 0. The van der Waals surface area contributed by atoms with Crippen molar-refractivity contribution in [3.05, 3.63) is 0 Å². The summed E-state index contributed by atoms with van der Waals surface area (Å²) in [5, 5.41) is 2.91. The van der Waals surface area contributed by atoms with E-state index in [1.165, 1.54) is 0 Å². The highest BCUT2D eigenvalue weighted by atomic mass is 16.2. The number of carbonyl (C=O) groups excluding carboxylic acids is 1. The van der Waals surface area contributed by atoms with Crippen LogP contribution in [-0.2, 0) is 4.79 Å². The van der Waals surface area contributed by atoms with E-state index in [-0.39, 0.29) is 17.0 Å². The molecule has 0 spiro atoms. The van der Waals surface area contributed by atoms with Crippen molar-refractivity contribution in [1.82, 2.24) is 10.2 Å². The summed E-state index contributed by atoms with van der Waals surface area (Å²) in [5.74, 6) is 0.115. The van der Waals surface area contributed by atoms with Crippen LogP contribution >= 0.6 is 0 Å². The van der Waals surface area contributed by atoms with Gasteiger partial charge in [0.05, 0.1) is 5.54 Å². The lowest BCUT2D eigenvalue weighted by molar-refractivity contribution is -0.140. The number of nitrogens with one attached hydrogen (secondary N) is 1.